The highest BCUT2D eigenvalue weighted by Gasteiger charge is 2.24. The molecule has 0 spiro atoms. The number of aliphatic hydroxyl groups excluding tert-OH is 1. The molecule has 1 saturated heterocycles. The maximum absolute atomic E-state index is 9.57. The first-order valence-electron chi connectivity index (χ1n) is 4.66. The van der Waals surface area contributed by atoms with Gasteiger partial charge in [0, 0.05) is 18.4 Å². The van der Waals surface area contributed by atoms with E-state index in [1.807, 2.05) is 12.1 Å². The van der Waals surface area contributed by atoms with E-state index in [0.29, 0.717) is 0 Å². The Labute approximate surface area is 77.8 Å². The molecule has 1 aliphatic heterocycles. The number of aliphatic hydroxyl groups is 1. The zero-order chi connectivity index (χ0) is 9.10. The lowest BCUT2D eigenvalue weighted by Crippen LogP contribution is -2.32. The number of rotatable bonds is 2. The molecule has 0 aromatic carbocycles. The lowest BCUT2D eigenvalue weighted by atomic mass is 10.0. The summed E-state index contributed by atoms with van der Waals surface area (Å²) in [6, 6.07) is 4.21. The van der Waals surface area contributed by atoms with Gasteiger partial charge in [-0.05, 0) is 37.1 Å². The third-order valence-electron chi connectivity index (χ3n) is 2.52. The van der Waals surface area contributed by atoms with Gasteiger partial charge in [0.15, 0.2) is 0 Å². The molecular formula is C10H14N2O. The molecule has 1 aromatic rings. The SMILES string of the molecule is O[C@H]1CCN[C@H]1Cc1ccncc1. The van der Waals surface area contributed by atoms with Crippen molar-refractivity contribution in [2.45, 2.75) is 25.0 Å². The van der Waals surface area contributed by atoms with Gasteiger partial charge in [0.2, 0.25) is 0 Å². The molecule has 0 unspecified atom stereocenters. The van der Waals surface area contributed by atoms with Crippen molar-refractivity contribution in [3.63, 3.8) is 0 Å². The van der Waals surface area contributed by atoms with Crippen LogP contribution in [0.5, 0.6) is 0 Å². The van der Waals surface area contributed by atoms with Crippen molar-refractivity contribution < 1.29 is 5.11 Å². The normalized spacial score (nSPS) is 27.8. The van der Waals surface area contributed by atoms with Crippen LogP contribution in [0.3, 0.4) is 0 Å². The molecule has 2 N–H and O–H groups in total. The van der Waals surface area contributed by atoms with E-state index in [-0.39, 0.29) is 12.1 Å². The Morgan fingerprint density at radius 3 is 2.85 bits per heavy atom. The zero-order valence-corrected chi connectivity index (χ0v) is 7.48. The molecule has 0 amide bonds. The third kappa shape index (κ3) is 2.05. The van der Waals surface area contributed by atoms with E-state index in [4.69, 9.17) is 0 Å². The second kappa shape index (κ2) is 3.85. The second-order valence-corrected chi connectivity index (χ2v) is 3.48. The summed E-state index contributed by atoms with van der Waals surface area (Å²) < 4.78 is 0. The highest BCUT2D eigenvalue weighted by atomic mass is 16.3. The fourth-order valence-electron chi connectivity index (χ4n) is 1.73. The van der Waals surface area contributed by atoms with Crippen LogP contribution in [0.2, 0.25) is 0 Å². The summed E-state index contributed by atoms with van der Waals surface area (Å²) in [7, 11) is 0. The molecule has 0 saturated carbocycles. The molecular weight excluding hydrogens is 164 g/mol. The fraction of sp³-hybridized carbons (Fsp3) is 0.500. The van der Waals surface area contributed by atoms with Crippen LogP contribution >= 0.6 is 0 Å². The van der Waals surface area contributed by atoms with Crippen LogP contribution in [0.15, 0.2) is 24.5 Å². The molecule has 2 heterocycles. The number of hydrogen-bond donors (Lipinski definition) is 2. The Bertz CT molecular complexity index is 263. The molecule has 1 aromatic heterocycles. The van der Waals surface area contributed by atoms with E-state index >= 15 is 0 Å². The average Bonchev–Trinajstić information content (AvgIpc) is 2.54. The summed E-state index contributed by atoms with van der Waals surface area (Å²) in [5.41, 5.74) is 1.23. The van der Waals surface area contributed by atoms with Gasteiger partial charge in [0.1, 0.15) is 0 Å². The van der Waals surface area contributed by atoms with Gasteiger partial charge in [0.25, 0.3) is 0 Å². The van der Waals surface area contributed by atoms with Crippen molar-refractivity contribution in [2.75, 3.05) is 6.54 Å². The highest BCUT2D eigenvalue weighted by Crippen LogP contribution is 2.11. The van der Waals surface area contributed by atoms with Crippen molar-refractivity contribution in [3.8, 4) is 0 Å². The largest absolute Gasteiger partial charge is 0.391 e. The first kappa shape index (κ1) is 8.66. The van der Waals surface area contributed by atoms with Gasteiger partial charge in [0.05, 0.1) is 6.10 Å². The van der Waals surface area contributed by atoms with E-state index < -0.39 is 0 Å². The van der Waals surface area contributed by atoms with Gasteiger partial charge in [-0.3, -0.25) is 4.98 Å². The van der Waals surface area contributed by atoms with Gasteiger partial charge in [-0.2, -0.15) is 0 Å². The van der Waals surface area contributed by atoms with Crippen molar-refractivity contribution >= 4 is 0 Å². The minimum absolute atomic E-state index is 0.187. The van der Waals surface area contributed by atoms with E-state index in [9.17, 15) is 5.11 Å². The zero-order valence-electron chi connectivity index (χ0n) is 7.48. The third-order valence-corrected chi connectivity index (χ3v) is 2.52. The van der Waals surface area contributed by atoms with Crippen LogP contribution < -0.4 is 5.32 Å². The van der Waals surface area contributed by atoms with Crippen LogP contribution in [0.25, 0.3) is 0 Å². The van der Waals surface area contributed by atoms with E-state index in [1.165, 1.54) is 5.56 Å². The van der Waals surface area contributed by atoms with Crippen LogP contribution in [0.1, 0.15) is 12.0 Å². The maximum atomic E-state index is 9.57. The molecule has 3 heteroatoms. The molecule has 0 bridgehead atoms. The average molecular weight is 178 g/mol. The molecule has 2 rings (SSSR count). The Morgan fingerprint density at radius 1 is 1.46 bits per heavy atom. The molecule has 70 valence electrons. The predicted molar refractivity (Wildman–Crippen MR) is 50.4 cm³/mol. The summed E-state index contributed by atoms with van der Waals surface area (Å²) in [5.74, 6) is 0. The fourth-order valence-corrected chi connectivity index (χ4v) is 1.73. The Hall–Kier alpha value is -0.930. The number of hydrogen-bond acceptors (Lipinski definition) is 3. The molecule has 2 atom stereocenters. The molecule has 1 aliphatic rings. The summed E-state index contributed by atoms with van der Waals surface area (Å²) in [6.07, 6.45) is 5.15. The van der Waals surface area contributed by atoms with E-state index in [2.05, 4.69) is 10.3 Å². The molecule has 1 fully saturated rings. The predicted octanol–water partition coefficient (Wildman–Crippen LogP) is 0.347. The molecule has 0 aliphatic carbocycles. The van der Waals surface area contributed by atoms with Crippen molar-refractivity contribution in [2.24, 2.45) is 0 Å². The van der Waals surface area contributed by atoms with Crippen molar-refractivity contribution in [1.29, 1.82) is 0 Å². The molecule has 13 heavy (non-hydrogen) atoms. The van der Waals surface area contributed by atoms with Gasteiger partial charge in [-0.1, -0.05) is 0 Å². The van der Waals surface area contributed by atoms with Crippen molar-refractivity contribution in [3.05, 3.63) is 30.1 Å². The first-order valence-corrected chi connectivity index (χ1v) is 4.66. The molecule has 3 nitrogen and oxygen atoms in total. The van der Waals surface area contributed by atoms with Gasteiger partial charge in [-0.15, -0.1) is 0 Å². The number of nitrogens with zero attached hydrogens (tertiary/aromatic N) is 1. The summed E-state index contributed by atoms with van der Waals surface area (Å²) >= 11 is 0. The Morgan fingerprint density at radius 2 is 2.23 bits per heavy atom. The highest BCUT2D eigenvalue weighted by molar-refractivity contribution is 5.12. The Balaban J connectivity index is 1.98. The minimum atomic E-state index is -0.187. The number of aromatic nitrogens is 1. The quantitative estimate of drug-likeness (QED) is 0.686. The first-order chi connectivity index (χ1) is 6.36. The lowest BCUT2D eigenvalue weighted by Gasteiger charge is -2.14. The standard InChI is InChI=1S/C10H14N2O/c13-10-3-6-12-9(10)7-8-1-4-11-5-2-8/h1-2,4-5,9-10,12-13H,3,6-7H2/t9-,10-/m0/s1. The van der Waals surface area contributed by atoms with Gasteiger partial charge < -0.3 is 10.4 Å². The van der Waals surface area contributed by atoms with Crippen molar-refractivity contribution in [1.82, 2.24) is 10.3 Å². The number of pyridine rings is 1. The van der Waals surface area contributed by atoms with E-state index in [0.717, 1.165) is 19.4 Å². The maximum Gasteiger partial charge on any atom is 0.0708 e. The second-order valence-electron chi connectivity index (χ2n) is 3.48. The summed E-state index contributed by atoms with van der Waals surface area (Å²) in [6.45, 7) is 0.927. The van der Waals surface area contributed by atoms with Crippen LogP contribution in [0, 0.1) is 0 Å². The minimum Gasteiger partial charge on any atom is -0.391 e. The van der Waals surface area contributed by atoms with Crippen LogP contribution in [-0.2, 0) is 6.42 Å². The lowest BCUT2D eigenvalue weighted by molar-refractivity contribution is 0.159. The van der Waals surface area contributed by atoms with Gasteiger partial charge >= 0.3 is 0 Å². The molecule has 0 radical (unpaired) electrons. The van der Waals surface area contributed by atoms with Gasteiger partial charge in [-0.25, -0.2) is 0 Å². The smallest absolute Gasteiger partial charge is 0.0708 e. The van der Waals surface area contributed by atoms with E-state index in [1.54, 1.807) is 12.4 Å². The van der Waals surface area contributed by atoms with Crippen LogP contribution in [0.4, 0.5) is 0 Å². The summed E-state index contributed by atoms with van der Waals surface area (Å²) in [5, 5.41) is 12.9. The topological polar surface area (TPSA) is 45.1 Å². The van der Waals surface area contributed by atoms with Crippen LogP contribution in [-0.4, -0.2) is 28.8 Å². The monoisotopic (exact) mass is 178 g/mol. The summed E-state index contributed by atoms with van der Waals surface area (Å²) in [4.78, 5) is 3.96. The number of nitrogens with one attached hydrogen (secondary N) is 1. The Kier molecular flexibility index (Phi) is 2.57.